The Morgan fingerprint density at radius 3 is 2.54 bits per heavy atom. The monoisotopic (exact) mass is 373 g/mol. The summed E-state index contributed by atoms with van der Waals surface area (Å²) in [5.74, 6) is -1.73. The van der Waals surface area contributed by atoms with E-state index < -0.39 is 23.8 Å². The lowest BCUT2D eigenvalue weighted by atomic mass is 9.74. The van der Waals surface area contributed by atoms with Gasteiger partial charge in [0.15, 0.2) is 11.9 Å². The smallest absolute Gasteiger partial charge is 0.332 e. The first-order valence-electron chi connectivity index (χ1n) is 8.66. The fourth-order valence-corrected chi connectivity index (χ4v) is 5.30. The van der Waals surface area contributed by atoms with Crippen molar-refractivity contribution in [1.82, 2.24) is 4.90 Å². The standard InChI is InChI=1S/C19H16ClNO5/c20-11-3-1-10(2-4-11)16-17-12-7-8-19(21(12)9-13(17)22)18(16)25-14(23)5-6-15(24)26-19/h1-6,12,16-18H,7-9H2/b6-5+/t12-,16-,17+,18?,19+/m1/s1. The molecule has 0 amide bonds. The van der Waals surface area contributed by atoms with Crippen molar-refractivity contribution in [2.75, 3.05) is 6.54 Å². The number of ether oxygens (including phenoxy) is 2. The van der Waals surface area contributed by atoms with Crippen LogP contribution in [0.3, 0.4) is 0 Å². The van der Waals surface area contributed by atoms with Gasteiger partial charge in [0.05, 0.1) is 6.54 Å². The Hall–Kier alpha value is -2.18. The van der Waals surface area contributed by atoms with Gasteiger partial charge in [-0.3, -0.25) is 9.69 Å². The highest BCUT2D eigenvalue weighted by atomic mass is 35.5. The van der Waals surface area contributed by atoms with Crippen molar-refractivity contribution in [1.29, 1.82) is 0 Å². The van der Waals surface area contributed by atoms with E-state index in [4.69, 9.17) is 21.1 Å². The molecule has 4 aliphatic rings. The van der Waals surface area contributed by atoms with Crippen LogP contribution in [0.4, 0.5) is 0 Å². The van der Waals surface area contributed by atoms with Crippen LogP contribution in [0.15, 0.2) is 36.4 Å². The Labute approximate surface area is 154 Å². The van der Waals surface area contributed by atoms with Crippen molar-refractivity contribution in [2.24, 2.45) is 5.92 Å². The Morgan fingerprint density at radius 1 is 1.04 bits per heavy atom. The zero-order valence-electron chi connectivity index (χ0n) is 13.8. The summed E-state index contributed by atoms with van der Waals surface area (Å²) in [6, 6.07) is 7.22. The van der Waals surface area contributed by atoms with Gasteiger partial charge in [-0.05, 0) is 24.1 Å². The number of carbonyl (C=O) groups excluding carboxylic acids is 3. The third-order valence-electron chi connectivity index (χ3n) is 6.09. The molecule has 1 aromatic carbocycles. The molecule has 7 heteroatoms. The fraction of sp³-hybridized carbons (Fsp3) is 0.421. The zero-order valence-corrected chi connectivity index (χ0v) is 14.5. The van der Waals surface area contributed by atoms with Crippen molar-refractivity contribution >= 4 is 29.3 Å². The molecule has 26 heavy (non-hydrogen) atoms. The van der Waals surface area contributed by atoms with Crippen LogP contribution in [0.2, 0.25) is 5.02 Å². The van der Waals surface area contributed by atoms with E-state index >= 15 is 0 Å². The number of ketones is 1. The molecule has 0 aromatic heterocycles. The molecule has 0 saturated carbocycles. The number of piperidine rings is 1. The predicted molar refractivity (Wildman–Crippen MR) is 90.3 cm³/mol. The van der Waals surface area contributed by atoms with Crippen molar-refractivity contribution in [3.63, 3.8) is 0 Å². The van der Waals surface area contributed by atoms with Gasteiger partial charge >= 0.3 is 11.9 Å². The summed E-state index contributed by atoms with van der Waals surface area (Å²) in [5, 5.41) is 0.589. The number of hydrogen-bond acceptors (Lipinski definition) is 6. The number of esters is 2. The van der Waals surface area contributed by atoms with Crippen molar-refractivity contribution in [3.8, 4) is 0 Å². The number of rotatable bonds is 1. The predicted octanol–water partition coefficient (Wildman–Crippen LogP) is 1.82. The second kappa shape index (κ2) is 5.41. The summed E-state index contributed by atoms with van der Waals surface area (Å²) in [4.78, 5) is 39.2. The summed E-state index contributed by atoms with van der Waals surface area (Å²) < 4.78 is 11.6. The average molecular weight is 374 g/mol. The van der Waals surface area contributed by atoms with E-state index in [2.05, 4.69) is 0 Å². The lowest BCUT2D eigenvalue weighted by Gasteiger charge is -2.49. The lowest BCUT2D eigenvalue weighted by Crippen LogP contribution is -2.63. The Balaban J connectivity index is 1.69. The molecule has 2 unspecified atom stereocenters. The molecule has 4 bridgehead atoms. The van der Waals surface area contributed by atoms with Gasteiger partial charge in [0.2, 0.25) is 5.72 Å². The van der Waals surface area contributed by atoms with Crippen LogP contribution in [0, 0.1) is 5.92 Å². The molecule has 6 atom stereocenters. The lowest BCUT2D eigenvalue weighted by molar-refractivity contribution is -0.227. The van der Waals surface area contributed by atoms with E-state index in [1.54, 1.807) is 12.1 Å². The molecule has 1 aromatic rings. The van der Waals surface area contributed by atoms with Crippen molar-refractivity contribution in [2.45, 2.75) is 36.6 Å². The first kappa shape index (κ1) is 16.0. The average Bonchev–Trinajstić information content (AvgIpc) is 3.04. The van der Waals surface area contributed by atoms with Crippen LogP contribution in [-0.4, -0.2) is 47.0 Å². The second-order valence-corrected chi connectivity index (χ2v) is 7.70. The van der Waals surface area contributed by atoms with Gasteiger partial charge in [-0.1, -0.05) is 23.7 Å². The molecule has 3 saturated heterocycles. The highest BCUT2D eigenvalue weighted by molar-refractivity contribution is 6.30. The molecule has 4 aliphatic heterocycles. The SMILES string of the molecule is O=C1/C=C/C(=O)O[C@]23CC[C@@H]4[C@@H](C(=O)CN42)[C@@H](c2ccc(Cl)cc2)C3O1. The van der Waals surface area contributed by atoms with Gasteiger partial charge in [0.1, 0.15) is 0 Å². The minimum Gasteiger partial charge on any atom is -0.453 e. The quantitative estimate of drug-likeness (QED) is 0.699. The molecule has 4 heterocycles. The first-order valence-corrected chi connectivity index (χ1v) is 9.04. The highest BCUT2D eigenvalue weighted by Crippen LogP contribution is 2.57. The van der Waals surface area contributed by atoms with Crippen LogP contribution in [0.1, 0.15) is 24.3 Å². The Morgan fingerprint density at radius 2 is 1.77 bits per heavy atom. The van der Waals surface area contributed by atoms with Gasteiger partial charge in [-0.2, -0.15) is 0 Å². The molecule has 1 spiro atoms. The summed E-state index contributed by atoms with van der Waals surface area (Å²) in [6.07, 6.45) is 2.70. The topological polar surface area (TPSA) is 72.9 Å². The summed E-state index contributed by atoms with van der Waals surface area (Å²) >= 11 is 6.01. The number of benzene rings is 1. The van der Waals surface area contributed by atoms with Crippen molar-refractivity contribution < 1.29 is 23.9 Å². The minimum atomic E-state index is -1.09. The van der Waals surface area contributed by atoms with Crippen molar-refractivity contribution in [3.05, 3.63) is 47.0 Å². The van der Waals surface area contributed by atoms with Crippen LogP contribution >= 0.6 is 11.6 Å². The van der Waals surface area contributed by atoms with E-state index in [0.717, 1.165) is 24.1 Å². The maximum Gasteiger partial charge on any atom is 0.332 e. The van der Waals surface area contributed by atoms with E-state index in [9.17, 15) is 14.4 Å². The summed E-state index contributed by atoms with van der Waals surface area (Å²) in [5.41, 5.74) is -0.223. The van der Waals surface area contributed by atoms with Gasteiger partial charge in [-0.25, -0.2) is 9.59 Å². The summed E-state index contributed by atoms with van der Waals surface area (Å²) in [7, 11) is 0. The van der Waals surface area contributed by atoms with E-state index in [1.165, 1.54) is 0 Å². The maximum absolute atomic E-state index is 12.8. The molecule has 5 rings (SSSR count). The van der Waals surface area contributed by atoms with Gasteiger partial charge in [0.25, 0.3) is 0 Å². The maximum atomic E-state index is 12.8. The van der Waals surface area contributed by atoms with Crippen LogP contribution in [-0.2, 0) is 23.9 Å². The van der Waals surface area contributed by atoms with Gasteiger partial charge in [0, 0.05) is 41.5 Å². The Kier molecular flexibility index (Phi) is 3.33. The summed E-state index contributed by atoms with van der Waals surface area (Å²) in [6.45, 7) is 0.213. The van der Waals surface area contributed by atoms with Crippen LogP contribution in [0.5, 0.6) is 0 Å². The minimum absolute atomic E-state index is 0.00524. The van der Waals surface area contributed by atoms with Crippen LogP contribution in [0.25, 0.3) is 0 Å². The second-order valence-electron chi connectivity index (χ2n) is 7.26. The van der Waals surface area contributed by atoms with Gasteiger partial charge in [-0.15, -0.1) is 0 Å². The number of Topliss-reactive ketones (excluding diaryl/α,β-unsaturated/α-hetero) is 1. The molecule has 3 fully saturated rings. The molecular formula is C19H16ClNO5. The number of nitrogens with zero attached hydrogens (tertiary/aromatic N) is 1. The van der Waals surface area contributed by atoms with Crippen LogP contribution < -0.4 is 0 Å². The molecule has 0 radical (unpaired) electrons. The Bertz CT molecular complexity index is 850. The molecule has 6 nitrogen and oxygen atoms in total. The van der Waals surface area contributed by atoms with E-state index in [1.807, 2.05) is 17.0 Å². The zero-order chi connectivity index (χ0) is 18.1. The third kappa shape index (κ3) is 2.06. The number of halogens is 1. The molecule has 0 aliphatic carbocycles. The largest absolute Gasteiger partial charge is 0.453 e. The fourth-order valence-electron chi connectivity index (χ4n) is 5.17. The first-order chi connectivity index (χ1) is 12.5. The number of carbonyl (C=O) groups is 3. The number of hydrogen-bond donors (Lipinski definition) is 0. The molecule has 0 N–H and O–H groups in total. The normalized spacial score (nSPS) is 41.7. The van der Waals surface area contributed by atoms with E-state index in [-0.39, 0.29) is 30.2 Å². The van der Waals surface area contributed by atoms with Gasteiger partial charge < -0.3 is 9.47 Å². The highest BCUT2D eigenvalue weighted by Gasteiger charge is 2.70. The molecular weight excluding hydrogens is 358 g/mol. The third-order valence-corrected chi connectivity index (χ3v) is 6.34. The molecule has 134 valence electrons. The van der Waals surface area contributed by atoms with E-state index in [0.29, 0.717) is 11.4 Å².